The summed E-state index contributed by atoms with van der Waals surface area (Å²) in [6.07, 6.45) is 0. The molecule has 1 aromatic heterocycles. The van der Waals surface area contributed by atoms with Crippen LogP contribution in [-0.4, -0.2) is 5.91 Å². The fourth-order valence-corrected chi connectivity index (χ4v) is 2.85. The number of halogens is 2. The Morgan fingerprint density at radius 2 is 1.64 bits per heavy atom. The molecule has 138 valence electrons. The zero-order chi connectivity index (χ0) is 19.7. The van der Waals surface area contributed by atoms with E-state index in [-0.39, 0.29) is 11.3 Å². The maximum Gasteiger partial charge on any atom is 0.344 e. The Labute approximate surface area is 158 Å². The van der Waals surface area contributed by atoms with Gasteiger partial charge in [-0.3, -0.25) is 4.79 Å². The van der Waals surface area contributed by atoms with E-state index in [2.05, 4.69) is 5.32 Å². The van der Waals surface area contributed by atoms with E-state index in [4.69, 9.17) is 4.42 Å². The number of benzene rings is 3. The minimum atomic E-state index is -0.862. The zero-order valence-corrected chi connectivity index (χ0v) is 14.4. The van der Waals surface area contributed by atoms with Crippen LogP contribution in [0.2, 0.25) is 0 Å². The summed E-state index contributed by atoms with van der Waals surface area (Å²) in [5.41, 5.74) is 1.11. The van der Waals surface area contributed by atoms with Crippen LogP contribution in [0.1, 0.15) is 10.4 Å². The van der Waals surface area contributed by atoms with E-state index < -0.39 is 23.2 Å². The number of rotatable bonds is 3. The van der Waals surface area contributed by atoms with Gasteiger partial charge in [0.25, 0.3) is 5.91 Å². The predicted molar refractivity (Wildman–Crippen MR) is 102 cm³/mol. The summed E-state index contributed by atoms with van der Waals surface area (Å²) >= 11 is 0. The van der Waals surface area contributed by atoms with Gasteiger partial charge in [-0.1, -0.05) is 30.3 Å². The Morgan fingerprint density at radius 3 is 2.39 bits per heavy atom. The number of hydrogen-bond acceptors (Lipinski definition) is 3. The summed E-state index contributed by atoms with van der Waals surface area (Å²) in [7, 11) is 0. The number of nitrogens with one attached hydrogen (secondary N) is 1. The van der Waals surface area contributed by atoms with Gasteiger partial charge in [-0.2, -0.15) is 0 Å². The predicted octanol–water partition coefficient (Wildman–Crippen LogP) is 4.99. The second-order valence-electron chi connectivity index (χ2n) is 6.14. The molecule has 0 aliphatic heterocycles. The second kappa shape index (κ2) is 7.08. The molecule has 0 saturated heterocycles. The number of amides is 1. The lowest BCUT2D eigenvalue weighted by Crippen LogP contribution is -2.13. The highest BCUT2D eigenvalue weighted by Gasteiger charge is 2.12. The number of hydrogen-bond donors (Lipinski definition) is 1. The van der Waals surface area contributed by atoms with Crippen molar-refractivity contribution >= 4 is 22.6 Å². The second-order valence-corrected chi connectivity index (χ2v) is 6.14. The van der Waals surface area contributed by atoms with E-state index in [0.717, 1.165) is 17.5 Å². The lowest BCUT2D eigenvalue weighted by Gasteiger charge is -2.07. The van der Waals surface area contributed by atoms with Crippen molar-refractivity contribution in [2.75, 3.05) is 5.32 Å². The first kappa shape index (κ1) is 17.6. The highest BCUT2D eigenvalue weighted by atomic mass is 19.1. The van der Waals surface area contributed by atoms with Crippen LogP contribution >= 0.6 is 0 Å². The van der Waals surface area contributed by atoms with Gasteiger partial charge < -0.3 is 9.73 Å². The highest BCUT2D eigenvalue weighted by molar-refractivity contribution is 6.04. The molecule has 28 heavy (non-hydrogen) atoms. The summed E-state index contributed by atoms with van der Waals surface area (Å²) in [6, 6.07) is 18.0. The Balaban J connectivity index is 1.61. The average molecular weight is 377 g/mol. The molecule has 0 atom stereocenters. The van der Waals surface area contributed by atoms with Gasteiger partial charge in [0.2, 0.25) is 0 Å². The van der Waals surface area contributed by atoms with Crippen molar-refractivity contribution < 1.29 is 18.0 Å². The summed E-state index contributed by atoms with van der Waals surface area (Å²) in [6.45, 7) is 0. The fraction of sp³-hybridized carbons (Fsp3) is 0. The molecule has 4 nitrogen and oxygen atoms in total. The molecule has 0 aliphatic rings. The Kier molecular flexibility index (Phi) is 4.45. The molecule has 0 fully saturated rings. The Bertz CT molecular complexity index is 1250. The van der Waals surface area contributed by atoms with Crippen molar-refractivity contribution in [2.45, 2.75) is 0 Å². The summed E-state index contributed by atoms with van der Waals surface area (Å²) in [5.74, 6) is -2.14. The molecule has 0 bridgehead atoms. The molecule has 0 unspecified atom stereocenters. The third kappa shape index (κ3) is 3.40. The standard InChI is InChI=1S/C22H13F2NO3/c23-16-9-10-19(18(24)12-16)25-21(26)14-7-5-13(6-8-14)17-11-15-3-1-2-4-20(15)28-22(17)27/h1-12H,(H,25,26). The van der Waals surface area contributed by atoms with Crippen LogP contribution in [0.15, 0.2) is 82.0 Å². The van der Waals surface area contributed by atoms with Crippen LogP contribution in [0.4, 0.5) is 14.5 Å². The smallest absolute Gasteiger partial charge is 0.344 e. The van der Waals surface area contributed by atoms with Gasteiger partial charge in [0, 0.05) is 17.0 Å². The number of fused-ring (bicyclic) bond motifs is 1. The molecule has 0 aliphatic carbocycles. The van der Waals surface area contributed by atoms with Crippen LogP contribution in [0.25, 0.3) is 22.1 Å². The molecule has 4 aromatic rings. The quantitative estimate of drug-likeness (QED) is 0.512. The largest absolute Gasteiger partial charge is 0.422 e. The maximum atomic E-state index is 13.7. The van der Waals surface area contributed by atoms with E-state index in [1.54, 1.807) is 30.3 Å². The van der Waals surface area contributed by atoms with Crippen molar-refractivity contribution in [1.82, 2.24) is 0 Å². The van der Waals surface area contributed by atoms with Crippen LogP contribution in [0, 0.1) is 11.6 Å². The summed E-state index contributed by atoms with van der Waals surface area (Å²) in [5, 5.41) is 3.17. The van der Waals surface area contributed by atoms with Crippen LogP contribution < -0.4 is 10.9 Å². The summed E-state index contributed by atoms with van der Waals surface area (Å²) in [4.78, 5) is 24.5. The fourth-order valence-electron chi connectivity index (χ4n) is 2.85. The first-order valence-corrected chi connectivity index (χ1v) is 8.41. The molecule has 6 heteroatoms. The monoisotopic (exact) mass is 377 g/mol. The molecular weight excluding hydrogens is 364 g/mol. The van der Waals surface area contributed by atoms with Crippen molar-refractivity contribution in [3.05, 3.63) is 100 Å². The lowest BCUT2D eigenvalue weighted by atomic mass is 10.0. The van der Waals surface area contributed by atoms with E-state index in [1.165, 1.54) is 12.1 Å². The van der Waals surface area contributed by atoms with Gasteiger partial charge in [-0.25, -0.2) is 13.6 Å². The van der Waals surface area contributed by atoms with Crippen molar-refractivity contribution in [2.24, 2.45) is 0 Å². The number of carbonyl (C=O) groups excluding carboxylic acids is 1. The minimum Gasteiger partial charge on any atom is -0.422 e. The molecule has 4 rings (SSSR count). The highest BCUT2D eigenvalue weighted by Crippen LogP contribution is 2.22. The summed E-state index contributed by atoms with van der Waals surface area (Å²) < 4.78 is 32.0. The molecule has 3 aromatic carbocycles. The third-order valence-corrected chi connectivity index (χ3v) is 4.28. The molecule has 1 N–H and O–H groups in total. The van der Waals surface area contributed by atoms with E-state index in [9.17, 15) is 18.4 Å². The van der Waals surface area contributed by atoms with Gasteiger partial charge in [-0.05, 0) is 42.0 Å². The van der Waals surface area contributed by atoms with Crippen molar-refractivity contribution in [3.63, 3.8) is 0 Å². The number of para-hydroxylation sites is 1. The van der Waals surface area contributed by atoms with Crippen LogP contribution in [0.3, 0.4) is 0 Å². The van der Waals surface area contributed by atoms with Crippen LogP contribution in [-0.2, 0) is 0 Å². The number of anilines is 1. The van der Waals surface area contributed by atoms with E-state index >= 15 is 0 Å². The maximum absolute atomic E-state index is 13.7. The SMILES string of the molecule is O=C(Nc1ccc(F)cc1F)c1ccc(-c2cc3ccccc3oc2=O)cc1. The first-order valence-electron chi connectivity index (χ1n) is 8.41. The normalized spacial score (nSPS) is 10.8. The third-order valence-electron chi connectivity index (χ3n) is 4.28. The van der Waals surface area contributed by atoms with Gasteiger partial charge in [0.15, 0.2) is 0 Å². The molecule has 0 saturated carbocycles. The molecule has 1 amide bonds. The zero-order valence-electron chi connectivity index (χ0n) is 14.4. The van der Waals surface area contributed by atoms with Gasteiger partial charge in [0.1, 0.15) is 17.2 Å². The van der Waals surface area contributed by atoms with Crippen LogP contribution in [0.5, 0.6) is 0 Å². The van der Waals surface area contributed by atoms with Gasteiger partial charge in [0.05, 0.1) is 11.3 Å². The molecule has 0 radical (unpaired) electrons. The topological polar surface area (TPSA) is 59.3 Å². The molecule has 1 heterocycles. The van der Waals surface area contributed by atoms with Gasteiger partial charge in [-0.15, -0.1) is 0 Å². The lowest BCUT2D eigenvalue weighted by molar-refractivity contribution is 0.102. The van der Waals surface area contributed by atoms with Crippen molar-refractivity contribution in [3.8, 4) is 11.1 Å². The molecule has 0 spiro atoms. The Hall–Kier alpha value is -3.80. The van der Waals surface area contributed by atoms with Gasteiger partial charge >= 0.3 is 5.63 Å². The minimum absolute atomic E-state index is 0.120. The van der Waals surface area contributed by atoms with E-state index in [0.29, 0.717) is 22.8 Å². The van der Waals surface area contributed by atoms with Crippen molar-refractivity contribution in [1.29, 1.82) is 0 Å². The molecular formula is C22H13F2NO3. The number of carbonyl (C=O) groups is 1. The Morgan fingerprint density at radius 1 is 0.893 bits per heavy atom. The first-order chi connectivity index (χ1) is 13.5. The average Bonchev–Trinajstić information content (AvgIpc) is 2.69. The van der Waals surface area contributed by atoms with E-state index in [1.807, 2.05) is 12.1 Å².